The monoisotopic (exact) mass is 428 g/mol. The van der Waals surface area contributed by atoms with E-state index in [2.05, 4.69) is 20.5 Å². The van der Waals surface area contributed by atoms with Crippen molar-refractivity contribution >= 4 is 40.9 Å². The Balaban J connectivity index is 2.36. The van der Waals surface area contributed by atoms with Gasteiger partial charge in [0.1, 0.15) is 19.9 Å². The van der Waals surface area contributed by atoms with Crippen LogP contribution in [0.5, 0.6) is 0 Å². The summed E-state index contributed by atoms with van der Waals surface area (Å²) in [4.78, 5) is 21.7. The molecule has 0 saturated carbocycles. The first-order valence-electron chi connectivity index (χ1n) is 8.75. The number of nitrogens with zero attached hydrogens (tertiary/aromatic N) is 4. The van der Waals surface area contributed by atoms with Crippen LogP contribution in [0.25, 0.3) is 0 Å². The second-order valence-electron chi connectivity index (χ2n) is 5.76. The molecule has 2 aromatic carbocycles. The normalized spacial score (nSPS) is 12.8. The SMILES string of the molecule is CON=C(C(C)=NN=Cc1ccccc1C(=NOC)C(=O)OC)c1ccc(Cl)cc1. The van der Waals surface area contributed by atoms with E-state index in [9.17, 15) is 4.79 Å². The van der Waals surface area contributed by atoms with Crippen molar-refractivity contribution in [2.75, 3.05) is 21.3 Å². The highest BCUT2D eigenvalue weighted by Gasteiger charge is 2.18. The van der Waals surface area contributed by atoms with Crippen LogP contribution in [0.15, 0.2) is 69.0 Å². The quantitative estimate of drug-likeness (QED) is 0.364. The minimum absolute atomic E-state index is 0.0190. The second-order valence-corrected chi connectivity index (χ2v) is 6.20. The molecular formula is C21H21ClN4O4. The Morgan fingerprint density at radius 2 is 1.57 bits per heavy atom. The van der Waals surface area contributed by atoms with Crippen LogP contribution in [0.2, 0.25) is 5.02 Å². The minimum atomic E-state index is -0.630. The predicted molar refractivity (Wildman–Crippen MR) is 118 cm³/mol. The van der Waals surface area contributed by atoms with Crippen LogP contribution in [0.3, 0.4) is 0 Å². The van der Waals surface area contributed by atoms with Crippen molar-refractivity contribution in [3.63, 3.8) is 0 Å². The third-order valence-corrected chi connectivity index (χ3v) is 4.08. The van der Waals surface area contributed by atoms with Gasteiger partial charge in [0.15, 0.2) is 5.71 Å². The first kappa shape index (κ1) is 22.8. The molecule has 0 saturated heterocycles. The van der Waals surface area contributed by atoms with Crippen molar-refractivity contribution in [3.05, 3.63) is 70.2 Å². The van der Waals surface area contributed by atoms with Gasteiger partial charge in [0.05, 0.1) is 19.0 Å². The molecule has 9 heteroatoms. The van der Waals surface area contributed by atoms with Crippen LogP contribution in [0.4, 0.5) is 0 Å². The zero-order chi connectivity index (χ0) is 21.9. The molecule has 0 aromatic heterocycles. The molecule has 0 heterocycles. The van der Waals surface area contributed by atoms with Gasteiger partial charge in [-0.2, -0.15) is 10.2 Å². The molecule has 0 bridgehead atoms. The van der Waals surface area contributed by atoms with E-state index in [4.69, 9.17) is 26.0 Å². The molecule has 0 spiro atoms. The molecule has 2 rings (SSSR count). The molecule has 0 aliphatic rings. The lowest BCUT2D eigenvalue weighted by molar-refractivity contribution is -0.132. The van der Waals surface area contributed by atoms with Crippen LogP contribution in [-0.4, -0.2) is 50.6 Å². The Bertz CT molecular complexity index is 998. The average Bonchev–Trinajstić information content (AvgIpc) is 2.76. The molecule has 0 atom stereocenters. The Morgan fingerprint density at radius 1 is 0.933 bits per heavy atom. The molecule has 156 valence electrons. The molecular weight excluding hydrogens is 408 g/mol. The number of methoxy groups -OCH3 is 1. The number of hydrogen-bond donors (Lipinski definition) is 0. The zero-order valence-electron chi connectivity index (χ0n) is 17.0. The lowest BCUT2D eigenvalue weighted by Crippen LogP contribution is -2.19. The number of esters is 1. The second kappa shape index (κ2) is 11.5. The molecule has 0 radical (unpaired) electrons. The van der Waals surface area contributed by atoms with E-state index in [-0.39, 0.29) is 5.71 Å². The summed E-state index contributed by atoms with van der Waals surface area (Å²) in [5.41, 5.74) is 2.92. The molecule has 0 amide bonds. The molecule has 8 nitrogen and oxygen atoms in total. The maximum atomic E-state index is 12.0. The van der Waals surface area contributed by atoms with Crippen LogP contribution >= 0.6 is 11.6 Å². The Morgan fingerprint density at radius 3 is 2.20 bits per heavy atom. The third kappa shape index (κ3) is 5.99. The summed E-state index contributed by atoms with van der Waals surface area (Å²) in [5.74, 6) is -0.630. The first-order chi connectivity index (χ1) is 14.5. The van der Waals surface area contributed by atoms with Gasteiger partial charge in [0.25, 0.3) is 0 Å². The van der Waals surface area contributed by atoms with E-state index in [1.54, 1.807) is 43.3 Å². The highest BCUT2D eigenvalue weighted by atomic mass is 35.5. The number of ether oxygens (including phenoxy) is 1. The zero-order valence-corrected chi connectivity index (χ0v) is 17.8. The lowest BCUT2D eigenvalue weighted by atomic mass is 10.0. The number of hydrogen-bond acceptors (Lipinski definition) is 8. The van der Waals surface area contributed by atoms with Gasteiger partial charge in [-0.15, -0.1) is 0 Å². The van der Waals surface area contributed by atoms with Crippen molar-refractivity contribution in [1.29, 1.82) is 0 Å². The third-order valence-electron chi connectivity index (χ3n) is 3.82. The number of oxime groups is 2. The average molecular weight is 429 g/mol. The summed E-state index contributed by atoms with van der Waals surface area (Å²) >= 11 is 5.94. The van der Waals surface area contributed by atoms with Gasteiger partial charge in [-0.3, -0.25) is 0 Å². The topological polar surface area (TPSA) is 94.2 Å². The van der Waals surface area contributed by atoms with Crippen molar-refractivity contribution in [2.24, 2.45) is 20.5 Å². The van der Waals surface area contributed by atoms with E-state index in [1.807, 2.05) is 12.1 Å². The molecule has 0 aliphatic carbocycles. The fourth-order valence-corrected chi connectivity index (χ4v) is 2.59. The molecule has 2 aromatic rings. The molecule has 0 fully saturated rings. The maximum absolute atomic E-state index is 12.0. The standard InChI is InChI=1S/C21H21ClN4O4/c1-14(19(25-29-3)15-9-11-17(22)12-10-15)24-23-13-16-7-5-6-8-18(16)20(26-30-4)21(27)28-2/h5-13H,1-4H3. The van der Waals surface area contributed by atoms with E-state index in [0.717, 1.165) is 5.56 Å². The van der Waals surface area contributed by atoms with Gasteiger partial charge in [-0.05, 0) is 19.1 Å². The largest absolute Gasteiger partial charge is 0.464 e. The summed E-state index contributed by atoms with van der Waals surface area (Å²) in [6.45, 7) is 1.75. The van der Waals surface area contributed by atoms with Gasteiger partial charge in [-0.1, -0.05) is 58.3 Å². The van der Waals surface area contributed by atoms with Gasteiger partial charge < -0.3 is 14.4 Å². The van der Waals surface area contributed by atoms with Crippen LogP contribution in [0, 0.1) is 0 Å². The lowest BCUT2D eigenvalue weighted by Gasteiger charge is -2.07. The summed E-state index contributed by atoms with van der Waals surface area (Å²) in [6.07, 6.45) is 1.50. The Kier molecular flexibility index (Phi) is 8.71. The number of rotatable bonds is 8. The Hall–Kier alpha value is -3.52. The highest BCUT2D eigenvalue weighted by Crippen LogP contribution is 2.12. The molecule has 0 N–H and O–H groups in total. The van der Waals surface area contributed by atoms with E-state index in [1.165, 1.54) is 27.5 Å². The highest BCUT2D eigenvalue weighted by molar-refractivity contribution is 6.47. The summed E-state index contributed by atoms with van der Waals surface area (Å²) in [7, 11) is 4.07. The fourth-order valence-electron chi connectivity index (χ4n) is 2.46. The molecule has 30 heavy (non-hydrogen) atoms. The fraction of sp³-hybridized carbons (Fsp3) is 0.190. The van der Waals surface area contributed by atoms with Crippen molar-refractivity contribution in [2.45, 2.75) is 6.92 Å². The molecule has 0 unspecified atom stereocenters. The first-order valence-corrected chi connectivity index (χ1v) is 9.13. The van der Waals surface area contributed by atoms with E-state index < -0.39 is 5.97 Å². The summed E-state index contributed by atoms with van der Waals surface area (Å²) < 4.78 is 4.77. The van der Waals surface area contributed by atoms with E-state index >= 15 is 0 Å². The van der Waals surface area contributed by atoms with Gasteiger partial charge >= 0.3 is 5.97 Å². The summed E-state index contributed by atoms with van der Waals surface area (Å²) in [5, 5.41) is 16.7. The van der Waals surface area contributed by atoms with Gasteiger partial charge in [0.2, 0.25) is 0 Å². The predicted octanol–water partition coefficient (Wildman–Crippen LogP) is 3.71. The van der Waals surface area contributed by atoms with Gasteiger partial charge in [0, 0.05) is 21.7 Å². The number of halogens is 1. The van der Waals surface area contributed by atoms with Crippen molar-refractivity contribution in [1.82, 2.24) is 0 Å². The maximum Gasteiger partial charge on any atom is 0.360 e. The minimum Gasteiger partial charge on any atom is -0.464 e. The van der Waals surface area contributed by atoms with Crippen molar-refractivity contribution in [3.8, 4) is 0 Å². The number of carbonyl (C=O) groups is 1. The van der Waals surface area contributed by atoms with Crippen LogP contribution in [-0.2, 0) is 19.2 Å². The molecule has 0 aliphatic heterocycles. The smallest absolute Gasteiger partial charge is 0.360 e. The Labute approximate surface area is 179 Å². The van der Waals surface area contributed by atoms with E-state index in [0.29, 0.717) is 27.6 Å². The number of benzene rings is 2. The van der Waals surface area contributed by atoms with Crippen LogP contribution in [0.1, 0.15) is 23.6 Å². The summed E-state index contributed by atoms with van der Waals surface area (Å²) in [6, 6.07) is 14.1. The van der Waals surface area contributed by atoms with Crippen LogP contribution < -0.4 is 0 Å². The van der Waals surface area contributed by atoms with Crippen molar-refractivity contribution < 1.29 is 19.2 Å². The number of carbonyl (C=O) groups excluding carboxylic acids is 1. The van der Waals surface area contributed by atoms with Gasteiger partial charge in [-0.25, -0.2) is 4.79 Å².